The van der Waals surface area contributed by atoms with Crippen molar-refractivity contribution in [1.29, 1.82) is 0 Å². The second-order valence-corrected chi connectivity index (χ2v) is 8.11. The largest absolute Gasteiger partial charge is 0.449 e. The summed E-state index contributed by atoms with van der Waals surface area (Å²) in [5.41, 5.74) is 1.79. The lowest BCUT2D eigenvalue weighted by Gasteiger charge is -2.17. The van der Waals surface area contributed by atoms with Crippen LogP contribution < -0.4 is 0 Å². The third kappa shape index (κ3) is 4.67. The normalized spacial score (nSPS) is 11.7. The number of hydrogen-bond donors (Lipinski definition) is 0. The van der Waals surface area contributed by atoms with Gasteiger partial charge in [0.1, 0.15) is 5.01 Å². The number of Topliss-reactive ketones (excluding diaryl/α,β-unsaturated/α-hetero) is 1. The predicted octanol–water partition coefficient (Wildman–Crippen LogP) is 5.58. The molecule has 0 aliphatic rings. The van der Waals surface area contributed by atoms with E-state index >= 15 is 0 Å². The molecule has 2 heterocycles. The molecule has 2 aromatic carbocycles. The van der Waals surface area contributed by atoms with E-state index in [0.29, 0.717) is 16.8 Å². The topological polar surface area (TPSA) is 56.3 Å². The summed E-state index contributed by atoms with van der Waals surface area (Å²) in [7, 11) is 0. The maximum Gasteiger partial charge on any atom is 0.312 e. The van der Waals surface area contributed by atoms with Gasteiger partial charge in [-0.2, -0.15) is 0 Å². The number of esters is 1. The van der Waals surface area contributed by atoms with Crippen molar-refractivity contribution >= 4 is 34.4 Å². The van der Waals surface area contributed by atoms with Gasteiger partial charge >= 0.3 is 5.97 Å². The van der Waals surface area contributed by atoms with Crippen molar-refractivity contribution in [1.82, 2.24) is 4.98 Å². The third-order valence-corrected chi connectivity index (χ3v) is 6.19. The molecule has 0 amide bonds. The molecule has 1 atom stereocenters. The molecule has 0 aliphatic heterocycles. The van der Waals surface area contributed by atoms with E-state index in [1.54, 1.807) is 47.7 Å². The van der Waals surface area contributed by atoms with E-state index in [2.05, 4.69) is 4.98 Å². The van der Waals surface area contributed by atoms with E-state index in [1.165, 1.54) is 11.3 Å². The summed E-state index contributed by atoms with van der Waals surface area (Å²) < 4.78 is 5.64. The van der Waals surface area contributed by atoms with E-state index in [4.69, 9.17) is 4.74 Å². The number of nitrogens with zero attached hydrogens (tertiary/aromatic N) is 1. The Bertz CT molecular complexity index is 1090. The van der Waals surface area contributed by atoms with Crippen LogP contribution in [-0.2, 0) is 16.0 Å². The summed E-state index contributed by atoms with van der Waals surface area (Å²) in [6, 6.07) is 21.9. The van der Waals surface area contributed by atoms with Gasteiger partial charge in [0.25, 0.3) is 0 Å². The minimum Gasteiger partial charge on any atom is -0.449 e. The summed E-state index contributed by atoms with van der Waals surface area (Å²) in [5, 5.41) is 4.72. The number of ketones is 1. The van der Waals surface area contributed by atoms with Gasteiger partial charge in [-0.25, -0.2) is 4.98 Å². The highest BCUT2D eigenvalue weighted by atomic mass is 32.1. The van der Waals surface area contributed by atoms with Crippen molar-refractivity contribution in [3.63, 3.8) is 0 Å². The first-order chi connectivity index (χ1) is 14.2. The van der Waals surface area contributed by atoms with Crippen molar-refractivity contribution in [2.75, 3.05) is 0 Å². The number of carbonyl (C=O) groups is 2. The molecule has 6 heteroatoms. The van der Waals surface area contributed by atoms with Crippen molar-refractivity contribution in [2.45, 2.75) is 12.5 Å². The Balaban J connectivity index is 1.51. The second kappa shape index (κ2) is 8.94. The van der Waals surface area contributed by atoms with Gasteiger partial charge in [0.05, 0.1) is 17.0 Å². The molecule has 0 fully saturated rings. The zero-order chi connectivity index (χ0) is 20.1. The maximum absolute atomic E-state index is 13.0. The van der Waals surface area contributed by atoms with Gasteiger partial charge in [0.15, 0.2) is 6.10 Å². The fourth-order valence-corrected chi connectivity index (χ4v) is 4.51. The fraction of sp³-hybridized carbons (Fsp3) is 0.0870. The van der Waals surface area contributed by atoms with E-state index in [-0.39, 0.29) is 12.2 Å². The summed E-state index contributed by atoms with van der Waals surface area (Å²) in [6.45, 7) is 0. The van der Waals surface area contributed by atoms with Crippen LogP contribution in [0.2, 0.25) is 0 Å². The van der Waals surface area contributed by atoms with Gasteiger partial charge in [-0.05, 0) is 11.4 Å². The fourth-order valence-electron chi connectivity index (χ4n) is 2.88. The average molecular weight is 420 g/mol. The van der Waals surface area contributed by atoms with Crippen LogP contribution in [0.15, 0.2) is 83.6 Å². The van der Waals surface area contributed by atoms with Gasteiger partial charge in [0.2, 0.25) is 5.78 Å². The first-order valence-electron chi connectivity index (χ1n) is 9.02. The SMILES string of the molecule is O=C(Cc1csc(-c2cccs2)n1)OC(C(=O)c1ccccc1)c1ccccc1. The first-order valence-corrected chi connectivity index (χ1v) is 10.8. The minimum atomic E-state index is -0.985. The Kier molecular flexibility index (Phi) is 5.93. The number of carbonyl (C=O) groups excluding carboxylic acids is 2. The third-order valence-electron chi connectivity index (χ3n) is 4.26. The molecule has 0 saturated carbocycles. The van der Waals surface area contributed by atoms with E-state index in [0.717, 1.165) is 9.88 Å². The van der Waals surface area contributed by atoms with Crippen LogP contribution in [0.25, 0.3) is 9.88 Å². The van der Waals surface area contributed by atoms with Crippen LogP contribution in [0.1, 0.15) is 27.7 Å². The maximum atomic E-state index is 13.0. The first kappa shape index (κ1) is 19.2. The quantitative estimate of drug-likeness (QED) is 0.290. The molecule has 0 N–H and O–H groups in total. The molecule has 0 radical (unpaired) electrons. The van der Waals surface area contributed by atoms with Gasteiger partial charge in [-0.3, -0.25) is 9.59 Å². The van der Waals surface area contributed by atoms with Gasteiger partial charge in [-0.1, -0.05) is 66.7 Å². The van der Waals surface area contributed by atoms with Gasteiger partial charge in [0, 0.05) is 16.5 Å². The molecule has 4 aromatic rings. The highest BCUT2D eigenvalue weighted by molar-refractivity contribution is 7.20. The molecule has 29 heavy (non-hydrogen) atoms. The van der Waals surface area contributed by atoms with Crippen molar-refractivity contribution in [3.05, 3.63) is 100 Å². The molecular formula is C23H17NO3S2. The smallest absolute Gasteiger partial charge is 0.312 e. The van der Waals surface area contributed by atoms with Crippen molar-refractivity contribution in [2.24, 2.45) is 0 Å². The van der Waals surface area contributed by atoms with E-state index in [9.17, 15) is 9.59 Å². The highest BCUT2D eigenvalue weighted by Gasteiger charge is 2.26. The summed E-state index contributed by atoms with van der Waals surface area (Å²) in [5.74, 6) is -0.728. The summed E-state index contributed by atoms with van der Waals surface area (Å²) in [4.78, 5) is 31.2. The number of thiophene rings is 1. The number of aromatic nitrogens is 1. The Labute approximate surface area is 176 Å². The van der Waals surface area contributed by atoms with Crippen LogP contribution in [0.5, 0.6) is 0 Å². The molecule has 4 rings (SSSR count). The standard InChI is InChI=1S/C23H17NO3S2/c25-20(14-18-15-29-23(24-18)19-12-7-13-28-19)27-22(17-10-5-2-6-11-17)21(26)16-8-3-1-4-9-16/h1-13,15,22H,14H2. The zero-order valence-corrected chi connectivity index (χ0v) is 17.0. The second-order valence-electron chi connectivity index (χ2n) is 6.31. The number of benzene rings is 2. The molecule has 144 valence electrons. The number of rotatable bonds is 7. The summed E-state index contributed by atoms with van der Waals surface area (Å²) >= 11 is 3.10. The lowest BCUT2D eigenvalue weighted by molar-refractivity contribution is -0.146. The highest BCUT2D eigenvalue weighted by Crippen LogP contribution is 2.28. The van der Waals surface area contributed by atoms with Crippen molar-refractivity contribution < 1.29 is 14.3 Å². The van der Waals surface area contributed by atoms with E-state index < -0.39 is 12.1 Å². The monoisotopic (exact) mass is 419 g/mol. The van der Waals surface area contributed by atoms with Crippen LogP contribution in [0, 0.1) is 0 Å². The van der Waals surface area contributed by atoms with Gasteiger partial charge in [-0.15, -0.1) is 22.7 Å². The number of hydrogen-bond acceptors (Lipinski definition) is 6. The molecule has 0 saturated heterocycles. The van der Waals surface area contributed by atoms with Gasteiger partial charge < -0.3 is 4.74 Å². The van der Waals surface area contributed by atoms with Crippen LogP contribution in [0.4, 0.5) is 0 Å². The Morgan fingerprint density at radius 3 is 2.31 bits per heavy atom. The Morgan fingerprint density at radius 1 is 0.897 bits per heavy atom. The van der Waals surface area contributed by atoms with Crippen LogP contribution in [-0.4, -0.2) is 16.7 Å². The molecule has 4 nitrogen and oxygen atoms in total. The molecule has 0 bridgehead atoms. The molecule has 0 aliphatic carbocycles. The zero-order valence-electron chi connectivity index (χ0n) is 15.4. The predicted molar refractivity (Wildman–Crippen MR) is 115 cm³/mol. The molecule has 1 unspecified atom stereocenters. The van der Waals surface area contributed by atoms with Crippen LogP contribution in [0.3, 0.4) is 0 Å². The molecule has 0 spiro atoms. The lowest BCUT2D eigenvalue weighted by Crippen LogP contribution is -2.21. The molecular weight excluding hydrogens is 402 g/mol. The Morgan fingerprint density at radius 2 is 1.62 bits per heavy atom. The molecule has 2 aromatic heterocycles. The number of ether oxygens (including phenoxy) is 1. The lowest BCUT2D eigenvalue weighted by atomic mass is 10.00. The summed E-state index contributed by atoms with van der Waals surface area (Å²) in [6.07, 6.45) is -0.964. The van der Waals surface area contributed by atoms with E-state index in [1.807, 2.05) is 47.2 Å². The minimum absolute atomic E-state index is 0.0211. The van der Waals surface area contributed by atoms with Crippen molar-refractivity contribution in [3.8, 4) is 9.88 Å². The average Bonchev–Trinajstić information content (AvgIpc) is 3.45. The Hall–Kier alpha value is -3.09. The number of thiazole rings is 1. The van der Waals surface area contributed by atoms with Crippen LogP contribution >= 0.6 is 22.7 Å².